The number of aromatic nitrogens is 2. The Bertz CT molecular complexity index is 1370. The summed E-state index contributed by atoms with van der Waals surface area (Å²) in [4.78, 5) is 12.5. The number of nitrogens with one attached hydrogen (secondary N) is 2. The van der Waals surface area contributed by atoms with Crippen molar-refractivity contribution in [2.75, 3.05) is 10.6 Å². The minimum absolute atomic E-state index is 0.252. The van der Waals surface area contributed by atoms with Crippen molar-refractivity contribution in [1.29, 1.82) is 0 Å². The number of rotatable bonds is 6. The zero-order chi connectivity index (χ0) is 25.9. The number of benzene rings is 3. The maximum absolute atomic E-state index is 12.5. The summed E-state index contributed by atoms with van der Waals surface area (Å²) in [6.45, 7) is 1.77. The van der Waals surface area contributed by atoms with E-state index in [9.17, 15) is 18.0 Å². The lowest BCUT2D eigenvalue weighted by molar-refractivity contribution is -0.274. The highest BCUT2D eigenvalue weighted by Gasteiger charge is 2.31. The highest BCUT2D eigenvalue weighted by molar-refractivity contribution is 6.37. The molecule has 0 fully saturated rings. The summed E-state index contributed by atoms with van der Waals surface area (Å²) >= 11 is 12.7. The number of carbonyl (C=O) groups is 1. The number of urea groups is 1. The van der Waals surface area contributed by atoms with E-state index in [1.54, 1.807) is 55.5 Å². The van der Waals surface area contributed by atoms with Gasteiger partial charge in [-0.25, -0.2) is 4.79 Å². The molecule has 3 aromatic carbocycles. The smallest absolute Gasteiger partial charge is 0.437 e. The molecule has 0 saturated carbocycles. The Kier molecular flexibility index (Phi) is 7.27. The van der Waals surface area contributed by atoms with Crippen molar-refractivity contribution in [3.63, 3.8) is 0 Å². The van der Waals surface area contributed by atoms with E-state index in [4.69, 9.17) is 27.9 Å². The summed E-state index contributed by atoms with van der Waals surface area (Å²) in [6.07, 6.45) is -4.80. The number of aryl methyl sites for hydroxylation is 1. The van der Waals surface area contributed by atoms with Gasteiger partial charge in [0.15, 0.2) is 5.75 Å². The molecule has 1 heterocycles. The SMILES string of the molecule is Cc1cc(Oc2ccccc2NC(=O)Nc2ccc(OC(F)(F)F)cc2)n(-c2c(Cl)cccc2Cl)n1. The monoisotopic (exact) mass is 536 g/mol. The Morgan fingerprint density at radius 1 is 0.944 bits per heavy atom. The topological polar surface area (TPSA) is 77.4 Å². The molecular weight excluding hydrogens is 520 g/mol. The molecule has 0 saturated heterocycles. The van der Waals surface area contributed by atoms with Crippen LogP contribution in [0.2, 0.25) is 10.0 Å². The molecule has 2 N–H and O–H groups in total. The summed E-state index contributed by atoms with van der Waals surface area (Å²) in [6, 6.07) is 17.5. The zero-order valence-corrected chi connectivity index (χ0v) is 19.9. The molecule has 0 atom stereocenters. The first-order valence-corrected chi connectivity index (χ1v) is 11.1. The second-order valence-corrected chi connectivity index (χ2v) is 8.17. The minimum Gasteiger partial charge on any atom is -0.437 e. The Hall–Kier alpha value is -3.89. The molecule has 0 bridgehead atoms. The quantitative estimate of drug-likeness (QED) is 0.263. The lowest BCUT2D eigenvalue weighted by atomic mass is 10.3. The van der Waals surface area contributed by atoms with Crippen LogP contribution in [0.4, 0.5) is 29.3 Å². The van der Waals surface area contributed by atoms with Crippen molar-refractivity contribution >= 4 is 40.6 Å². The number of hydrogen-bond acceptors (Lipinski definition) is 4. The van der Waals surface area contributed by atoms with Crippen LogP contribution in [0.1, 0.15) is 5.69 Å². The summed E-state index contributed by atoms with van der Waals surface area (Å²) in [7, 11) is 0. The molecule has 7 nitrogen and oxygen atoms in total. The van der Waals surface area contributed by atoms with E-state index in [2.05, 4.69) is 20.5 Å². The molecule has 0 spiro atoms. The first-order valence-electron chi connectivity index (χ1n) is 10.3. The van der Waals surface area contributed by atoms with E-state index in [0.29, 0.717) is 38.7 Å². The van der Waals surface area contributed by atoms with Crippen molar-refractivity contribution in [2.45, 2.75) is 13.3 Å². The minimum atomic E-state index is -4.80. The van der Waals surface area contributed by atoms with Crippen LogP contribution in [-0.4, -0.2) is 22.2 Å². The predicted molar refractivity (Wildman–Crippen MR) is 131 cm³/mol. The van der Waals surface area contributed by atoms with Crippen LogP contribution >= 0.6 is 23.2 Å². The van der Waals surface area contributed by atoms with Crippen LogP contribution in [0.3, 0.4) is 0 Å². The van der Waals surface area contributed by atoms with Gasteiger partial charge in [-0.3, -0.25) is 0 Å². The molecule has 0 aliphatic rings. The van der Waals surface area contributed by atoms with Crippen molar-refractivity contribution in [2.24, 2.45) is 0 Å². The second-order valence-electron chi connectivity index (χ2n) is 7.36. The van der Waals surface area contributed by atoms with Gasteiger partial charge < -0.3 is 20.1 Å². The van der Waals surface area contributed by atoms with Crippen LogP contribution in [0.5, 0.6) is 17.4 Å². The van der Waals surface area contributed by atoms with Gasteiger partial charge in [0.1, 0.15) is 11.4 Å². The van der Waals surface area contributed by atoms with E-state index in [1.165, 1.54) is 16.8 Å². The average molecular weight is 537 g/mol. The van der Waals surface area contributed by atoms with Crippen molar-refractivity contribution in [1.82, 2.24) is 9.78 Å². The molecule has 4 rings (SSSR count). The largest absolute Gasteiger partial charge is 0.573 e. The van der Waals surface area contributed by atoms with Gasteiger partial charge >= 0.3 is 12.4 Å². The molecule has 0 unspecified atom stereocenters. The van der Waals surface area contributed by atoms with Crippen molar-refractivity contribution < 1.29 is 27.4 Å². The summed E-state index contributed by atoms with van der Waals surface area (Å²) < 4.78 is 48.3. The molecule has 36 heavy (non-hydrogen) atoms. The second kappa shape index (κ2) is 10.4. The standard InChI is InChI=1S/C24H17Cl2F3N4O3/c1-14-13-21(33(32-14)22-17(25)5-4-6-18(22)26)35-20-8-3-2-7-19(20)31-23(34)30-15-9-11-16(12-10-15)36-24(27,28)29/h2-13H,1H3,(H2,30,31,34). The van der Waals surface area contributed by atoms with E-state index < -0.39 is 18.1 Å². The van der Waals surface area contributed by atoms with Gasteiger partial charge in [0.05, 0.1) is 21.4 Å². The van der Waals surface area contributed by atoms with E-state index >= 15 is 0 Å². The van der Waals surface area contributed by atoms with Gasteiger partial charge in [-0.2, -0.15) is 9.78 Å². The summed E-state index contributed by atoms with van der Waals surface area (Å²) in [5, 5.41) is 10.3. The van der Waals surface area contributed by atoms with Gasteiger partial charge in [-0.1, -0.05) is 41.4 Å². The fourth-order valence-corrected chi connectivity index (χ4v) is 3.75. The third-order valence-electron chi connectivity index (χ3n) is 4.64. The highest BCUT2D eigenvalue weighted by atomic mass is 35.5. The number of ether oxygens (including phenoxy) is 2. The number of para-hydroxylation sites is 3. The molecule has 0 aliphatic carbocycles. The Morgan fingerprint density at radius 2 is 1.61 bits per heavy atom. The molecule has 2 amide bonds. The number of hydrogen-bond donors (Lipinski definition) is 2. The van der Waals surface area contributed by atoms with Crippen molar-refractivity contribution in [3.8, 4) is 23.1 Å². The predicted octanol–water partition coefficient (Wildman–Crippen LogP) is 7.82. The first-order chi connectivity index (χ1) is 17.1. The molecule has 0 aliphatic heterocycles. The highest BCUT2D eigenvalue weighted by Crippen LogP contribution is 2.35. The van der Waals surface area contributed by atoms with Gasteiger partial charge in [-0.05, 0) is 55.5 Å². The maximum Gasteiger partial charge on any atom is 0.573 e. The summed E-state index contributed by atoms with van der Waals surface area (Å²) in [5.41, 5.74) is 1.65. The van der Waals surface area contributed by atoms with Gasteiger partial charge in [0.25, 0.3) is 0 Å². The number of alkyl halides is 3. The molecular formula is C24H17Cl2F3N4O3. The summed E-state index contributed by atoms with van der Waals surface area (Å²) in [5.74, 6) is 0.195. The van der Waals surface area contributed by atoms with Crippen LogP contribution in [-0.2, 0) is 0 Å². The van der Waals surface area contributed by atoms with E-state index in [1.807, 2.05) is 0 Å². The third-order valence-corrected chi connectivity index (χ3v) is 5.25. The fraction of sp³-hybridized carbons (Fsp3) is 0.0833. The van der Waals surface area contributed by atoms with Gasteiger partial charge in [-0.15, -0.1) is 13.2 Å². The third kappa shape index (κ3) is 6.21. The van der Waals surface area contributed by atoms with E-state index in [0.717, 1.165) is 12.1 Å². The molecule has 1 aromatic heterocycles. The number of anilines is 2. The number of carbonyl (C=O) groups excluding carboxylic acids is 1. The van der Waals surface area contributed by atoms with Crippen molar-refractivity contribution in [3.05, 3.63) is 88.5 Å². The average Bonchev–Trinajstić information content (AvgIpc) is 3.15. The number of nitrogens with zero attached hydrogens (tertiary/aromatic N) is 2. The van der Waals surface area contributed by atoms with Crippen LogP contribution in [0.25, 0.3) is 5.69 Å². The Morgan fingerprint density at radius 3 is 2.28 bits per heavy atom. The normalized spacial score (nSPS) is 11.2. The zero-order valence-electron chi connectivity index (χ0n) is 18.4. The molecule has 12 heteroatoms. The lowest BCUT2D eigenvalue weighted by Gasteiger charge is -2.15. The molecule has 4 aromatic rings. The number of amides is 2. The van der Waals surface area contributed by atoms with Crippen LogP contribution < -0.4 is 20.1 Å². The molecule has 186 valence electrons. The van der Waals surface area contributed by atoms with Gasteiger partial charge in [0.2, 0.25) is 5.88 Å². The van der Waals surface area contributed by atoms with Crippen LogP contribution in [0, 0.1) is 6.92 Å². The number of halogens is 5. The fourth-order valence-electron chi connectivity index (χ4n) is 3.20. The first kappa shape index (κ1) is 25.2. The van der Waals surface area contributed by atoms with E-state index in [-0.39, 0.29) is 5.69 Å². The lowest BCUT2D eigenvalue weighted by Crippen LogP contribution is -2.20. The van der Waals surface area contributed by atoms with Gasteiger partial charge in [0, 0.05) is 11.8 Å². The Balaban J connectivity index is 1.51. The molecule has 0 radical (unpaired) electrons. The van der Waals surface area contributed by atoms with Crippen LogP contribution in [0.15, 0.2) is 72.8 Å². The maximum atomic E-state index is 12.5. The Labute approximate surface area is 213 Å².